The van der Waals surface area contributed by atoms with Gasteiger partial charge >= 0.3 is 0 Å². The van der Waals surface area contributed by atoms with Gasteiger partial charge in [0, 0.05) is 61.2 Å². The molecule has 0 radical (unpaired) electrons. The summed E-state index contributed by atoms with van der Waals surface area (Å²) in [6.45, 7) is 0. The van der Waals surface area contributed by atoms with E-state index in [9.17, 15) is 0 Å². The summed E-state index contributed by atoms with van der Waals surface area (Å²) < 4.78 is 11.5. The molecule has 4 nitrogen and oxygen atoms in total. The molecule has 10 aromatic rings. The Hall–Kier alpha value is -7.56. The maximum Gasteiger partial charge on any atom is 0.136 e. The molecule has 262 valence electrons. The summed E-state index contributed by atoms with van der Waals surface area (Å²) in [6.07, 6.45) is 0. The van der Waals surface area contributed by atoms with Crippen LogP contribution in [-0.2, 0) is 0 Å². The molecule has 4 heteroatoms. The lowest BCUT2D eigenvalue weighted by molar-refractivity contribution is 0.487. The van der Waals surface area contributed by atoms with Crippen molar-refractivity contribution in [3.63, 3.8) is 0 Å². The van der Waals surface area contributed by atoms with Gasteiger partial charge in [0.05, 0.1) is 33.8 Å². The van der Waals surface area contributed by atoms with Crippen molar-refractivity contribution in [2.75, 3.05) is 4.90 Å². The van der Waals surface area contributed by atoms with E-state index in [0.29, 0.717) is 0 Å². The molecule has 2 aromatic heterocycles. The molecular formula is C52H33N3O. The number of nitrogens with zero attached hydrogens (tertiary/aromatic N) is 3. The van der Waals surface area contributed by atoms with Gasteiger partial charge in [0.15, 0.2) is 0 Å². The van der Waals surface area contributed by atoms with Gasteiger partial charge in [-0.25, -0.2) is 0 Å². The molecule has 2 aliphatic heterocycles. The summed E-state index contributed by atoms with van der Waals surface area (Å²) in [4.78, 5) is 2.45. The molecular weight excluding hydrogens is 683 g/mol. The van der Waals surface area contributed by atoms with Crippen LogP contribution in [0.3, 0.4) is 0 Å². The van der Waals surface area contributed by atoms with E-state index >= 15 is 0 Å². The largest absolute Gasteiger partial charge is 0.456 e. The molecule has 0 aliphatic carbocycles. The molecule has 8 aromatic carbocycles. The van der Waals surface area contributed by atoms with E-state index in [-0.39, 0.29) is 0 Å². The van der Waals surface area contributed by atoms with Crippen LogP contribution in [0.1, 0.15) is 0 Å². The number of ether oxygens (including phenoxy) is 1. The van der Waals surface area contributed by atoms with E-state index in [4.69, 9.17) is 4.74 Å². The second-order valence-corrected chi connectivity index (χ2v) is 14.5. The summed E-state index contributed by atoms with van der Waals surface area (Å²) in [5.74, 6) is 1.71. The van der Waals surface area contributed by atoms with Crippen molar-refractivity contribution in [1.29, 1.82) is 0 Å². The van der Waals surface area contributed by atoms with Crippen LogP contribution in [-0.4, -0.2) is 9.13 Å². The normalized spacial score (nSPS) is 12.4. The monoisotopic (exact) mass is 715 g/mol. The Bertz CT molecular complexity index is 3190. The second-order valence-electron chi connectivity index (χ2n) is 14.5. The molecule has 56 heavy (non-hydrogen) atoms. The fourth-order valence-electron chi connectivity index (χ4n) is 9.21. The fourth-order valence-corrected chi connectivity index (χ4v) is 9.21. The molecule has 2 aliphatic rings. The molecule has 0 saturated heterocycles. The minimum atomic E-state index is 0.845. The van der Waals surface area contributed by atoms with Crippen molar-refractivity contribution in [3.05, 3.63) is 200 Å². The highest BCUT2D eigenvalue weighted by molar-refractivity contribution is 6.13. The number of benzene rings is 8. The van der Waals surface area contributed by atoms with Gasteiger partial charge in [0.25, 0.3) is 0 Å². The van der Waals surface area contributed by atoms with Gasteiger partial charge in [-0.3, -0.25) is 0 Å². The summed E-state index contributed by atoms with van der Waals surface area (Å²) in [5.41, 5.74) is 17.1. The molecule has 0 N–H and O–H groups in total. The van der Waals surface area contributed by atoms with Gasteiger partial charge in [-0.1, -0.05) is 127 Å². The summed E-state index contributed by atoms with van der Waals surface area (Å²) in [5, 5.41) is 2.42. The highest BCUT2D eigenvalue weighted by atomic mass is 16.5. The topological polar surface area (TPSA) is 22.3 Å². The molecule has 0 atom stereocenters. The van der Waals surface area contributed by atoms with Gasteiger partial charge in [-0.15, -0.1) is 0 Å². The zero-order valence-electron chi connectivity index (χ0n) is 30.3. The SMILES string of the molecule is c1ccc(-n2c3c(c4ccccc42)-c2ccccc2N(c2cccc(-n4c5c(c6ccccc64)-c4ccccc4Oc4ccccc4-5)c2)c2ccccc2-3)cc1. The lowest BCUT2D eigenvalue weighted by Gasteiger charge is -2.28. The Kier molecular flexibility index (Phi) is 6.60. The van der Waals surface area contributed by atoms with Crippen LogP contribution < -0.4 is 9.64 Å². The first-order valence-electron chi connectivity index (χ1n) is 19.1. The lowest BCUT2D eigenvalue weighted by atomic mass is 9.98. The minimum absolute atomic E-state index is 0.845. The van der Waals surface area contributed by atoms with Crippen molar-refractivity contribution in [3.8, 4) is 67.6 Å². The molecule has 0 unspecified atom stereocenters. The minimum Gasteiger partial charge on any atom is -0.456 e. The first kappa shape index (κ1) is 30.9. The molecule has 0 fully saturated rings. The van der Waals surface area contributed by atoms with E-state index < -0.39 is 0 Å². The highest BCUT2D eigenvalue weighted by Gasteiger charge is 2.32. The third-order valence-electron chi connectivity index (χ3n) is 11.4. The first-order chi connectivity index (χ1) is 27.8. The molecule has 12 rings (SSSR count). The quantitative estimate of drug-likeness (QED) is 0.182. The summed E-state index contributed by atoms with van der Waals surface area (Å²) in [6, 6.07) is 71.9. The van der Waals surface area contributed by atoms with E-state index in [1.54, 1.807) is 0 Å². The van der Waals surface area contributed by atoms with Crippen molar-refractivity contribution >= 4 is 38.9 Å². The Morgan fingerprint density at radius 2 is 0.786 bits per heavy atom. The third-order valence-corrected chi connectivity index (χ3v) is 11.4. The predicted molar refractivity (Wildman–Crippen MR) is 230 cm³/mol. The Balaban J connectivity index is 1.14. The van der Waals surface area contributed by atoms with Crippen LogP contribution >= 0.6 is 0 Å². The lowest BCUT2D eigenvalue weighted by Crippen LogP contribution is -2.12. The van der Waals surface area contributed by atoms with Crippen molar-refractivity contribution in [2.45, 2.75) is 0 Å². The number of rotatable bonds is 3. The van der Waals surface area contributed by atoms with Crippen molar-refractivity contribution < 1.29 is 4.74 Å². The van der Waals surface area contributed by atoms with Gasteiger partial charge < -0.3 is 18.8 Å². The van der Waals surface area contributed by atoms with E-state index in [1.165, 1.54) is 44.2 Å². The summed E-state index contributed by atoms with van der Waals surface area (Å²) in [7, 11) is 0. The van der Waals surface area contributed by atoms with Crippen LogP contribution in [0.15, 0.2) is 200 Å². The van der Waals surface area contributed by atoms with Crippen LogP contribution in [0, 0.1) is 0 Å². The van der Waals surface area contributed by atoms with Crippen LogP contribution in [0.2, 0.25) is 0 Å². The highest BCUT2D eigenvalue weighted by Crippen LogP contribution is 2.55. The third kappa shape index (κ3) is 4.35. The summed E-state index contributed by atoms with van der Waals surface area (Å²) >= 11 is 0. The maximum absolute atomic E-state index is 6.67. The maximum atomic E-state index is 6.67. The zero-order chi connectivity index (χ0) is 36.7. The van der Waals surface area contributed by atoms with Crippen molar-refractivity contribution in [2.24, 2.45) is 0 Å². The smallest absolute Gasteiger partial charge is 0.136 e. The molecule has 4 heterocycles. The predicted octanol–water partition coefficient (Wildman–Crippen LogP) is 14.1. The van der Waals surface area contributed by atoms with E-state index in [2.05, 4.69) is 208 Å². The molecule has 0 amide bonds. The van der Waals surface area contributed by atoms with Gasteiger partial charge in [0.2, 0.25) is 0 Å². The Morgan fingerprint density at radius 3 is 1.52 bits per heavy atom. The number of fused-ring (bicyclic) bond motifs is 14. The second kappa shape index (κ2) is 12.0. The Morgan fingerprint density at radius 1 is 0.321 bits per heavy atom. The van der Waals surface area contributed by atoms with Crippen LogP contribution in [0.25, 0.3) is 77.9 Å². The fraction of sp³-hybridized carbons (Fsp3) is 0. The standard InChI is InChI=1S/C52H33N3O/c1-2-17-34(18-3-1)54-44-28-11-5-22-38(44)49-37-21-4-10-27-43(37)53(46-30-13-7-24-40(46)51(49)54)35-19-16-20-36(33-35)55-45-29-12-6-23-39(45)50-41-25-8-14-31-47(41)56-48-32-15-9-26-42(48)52(50)55/h1-33H. The number of hydrogen-bond acceptors (Lipinski definition) is 2. The van der Waals surface area contributed by atoms with Gasteiger partial charge in [0.1, 0.15) is 11.5 Å². The van der Waals surface area contributed by atoms with E-state index in [1.807, 2.05) is 6.07 Å². The van der Waals surface area contributed by atoms with Crippen LogP contribution in [0.4, 0.5) is 17.1 Å². The number of anilines is 3. The zero-order valence-corrected chi connectivity index (χ0v) is 30.3. The average molecular weight is 716 g/mol. The number of hydrogen-bond donors (Lipinski definition) is 0. The molecule has 0 bridgehead atoms. The van der Waals surface area contributed by atoms with Gasteiger partial charge in [-0.05, 0) is 72.8 Å². The van der Waals surface area contributed by atoms with E-state index in [0.717, 1.165) is 62.3 Å². The average Bonchev–Trinajstić information content (AvgIpc) is 3.69. The Labute approximate surface area is 324 Å². The molecule has 0 spiro atoms. The first-order valence-corrected chi connectivity index (χ1v) is 19.1. The molecule has 0 saturated carbocycles. The number of para-hydroxylation sites is 7. The van der Waals surface area contributed by atoms with Crippen LogP contribution in [0.5, 0.6) is 11.5 Å². The number of aromatic nitrogens is 2. The van der Waals surface area contributed by atoms with Crippen molar-refractivity contribution in [1.82, 2.24) is 9.13 Å². The van der Waals surface area contributed by atoms with Gasteiger partial charge in [-0.2, -0.15) is 0 Å².